The number of aryl methyl sites for hydroxylation is 1. The Hall–Kier alpha value is -2.84. The molecule has 0 bridgehead atoms. The van der Waals surface area contributed by atoms with E-state index in [2.05, 4.69) is 12.0 Å². The summed E-state index contributed by atoms with van der Waals surface area (Å²) in [5.74, 6) is -2.04. The van der Waals surface area contributed by atoms with Crippen molar-refractivity contribution in [2.24, 2.45) is 0 Å². The molecule has 188 valence electrons. The molecule has 1 saturated carbocycles. The summed E-state index contributed by atoms with van der Waals surface area (Å²) < 4.78 is 35.0. The van der Waals surface area contributed by atoms with E-state index in [-0.39, 0.29) is 16.5 Å². The van der Waals surface area contributed by atoms with Gasteiger partial charge in [-0.1, -0.05) is 42.4 Å². The van der Waals surface area contributed by atoms with E-state index in [4.69, 9.17) is 11.6 Å². The standard InChI is InChI=1S/C27H26ClF2N3O2S/c1-4-12-32-14-16(13-31-32)33-23(15-8-9-15)25(17-10-11-19(28)22(30)24(17)33)36-20-7-5-6-18(21(20)29)27(2,3)26(34)35/h5-7,10-11,13-15H,4,8-9,12H2,1-3H3,(H,34,35). The fourth-order valence-electron chi connectivity index (χ4n) is 4.52. The number of hydrogen-bond donors (Lipinski definition) is 1. The first kappa shape index (κ1) is 24.8. The number of benzene rings is 2. The summed E-state index contributed by atoms with van der Waals surface area (Å²) in [4.78, 5) is 12.8. The Morgan fingerprint density at radius 2 is 1.97 bits per heavy atom. The van der Waals surface area contributed by atoms with Crippen molar-refractivity contribution < 1.29 is 18.7 Å². The summed E-state index contributed by atoms with van der Waals surface area (Å²) in [6.45, 7) is 5.76. The van der Waals surface area contributed by atoms with Crippen molar-refractivity contribution in [3.63, 3.8) is 0 Å². The van der Waals surface area contributed by atoms with E-state index in [1.165, 1.54) is 37.7 Å². The summed E-state index contributed by atoms with van der Waals surface area (Å²) in [7, 11) is 0. The normalized spacial score (nSPS) is 14.1. The Bertz CT molecular complexity index is 1490. The highest BCUT2D eigenvalue weighted by atomic mass is 35.5. The van der Waals surface area contributed by atoms with E-state index < -0.39 is 23.0 Å². The van der Waals surface area contributed by atoms with Gasteiger partial charge in [0.15, 0.2) is 5.82 Å². The number of aliphatic carboxylic acids is 1. The second kappa shape index (κ2) is 9.23. The number of hydrogen-bond acceptors (Lipinski definition) is 3. The van der Waals surface area contributed by atoms with E-state index in [9.17, 15) is 9.90 Å². The second-order valence-corrected chi connectivity index (χ2v) is 11.2. The molecule has 0 radical (unpaired) electrons. The molecule has 1 aliphatic rings. The molecule has 1 fully saturated rings. The topological polar surface area (TPSA) is 60.0 Å². The van der Waals surface area contributed by atoms with Gasteiger partial charge in [0.05, 0.1) is 27.8 Å². The minimum atomic E-state index is -1.40. The van der Waals surface area contributed by atoms with Crippen LogP contribution < -0.4 is 0 Å². The lowest BCUT2D eigenvalue weighted by atomic mass is 9.84. The van der Waals surface area contributed by atoms with Crippen molar-refractivity contribution in [3.05, 3.63) is 70.6 Å². The largest absolute Gasteiger partial charge is 0.481 e. The van der Waals surface area contributed by atoms with Gasteiger partial charge in [-0.25, -0.2) is 8.78 Å². The predicted molar refractivity (Wildman–Crippen MR) is 137 cm³/mol. The van der Waals surface area contributed by atoms with Gasteiger partial charge < -0.3 is 9.67 Å². The third-order valence-corrected chi connectivity index (χ3v) is 8.15. The summed E-state index contributed by atoms with van der Waals surface area (Å²) in [6.07, 6.45) is 6.40. The van der Waals surface area contributed by atoms with Crippen LogP contribution in [0.15, 0.2) is 52.5 Å². The van der Waals surface area contributed by atoms with Crippen LogP contribution in [-0.4, -0.2) is 25.4 Å². The lowest BCUT2D eigenvalue weighted by molar-refractivity contribution is -0.142. The molecule has 2 aromatic carbocycles. The average molecular weight is 530 g/mol. The lowest BCUT2D eigenvalue weighted by Gasteiger charge is -2.21. The highest BCUT2D eigenvalue weighted by Gasteiger charge is 2.36. The summed E-state index contributed by atoms with van der Waals surface area (Å²) in [6, 6.07) is 8.08. The Morgan fingerprint density at radius 1 is 1.22 bits per heavy atom. The summed E-state index contributed by atoms with van der Waals surface area (Å²) >= 11 is 7.42. The molecule has 2 aromatic heterocycles. The first-order valence-electron chi connectivity index (χ1n) is 11.9. The van der Waals surface area contributed by atoms with Gasteiger partial charge in [0, 0.05) is 45.1 Å². The fourth-order valence-corrected chi connectivity index (χ4v) is 5.87. The third kappa shape index (κ3) is 4.10. The van der Waals surface area contributed by atoms with Crippen LogP contribution in [0.4, 0.5) is 8.78 Å². The Kier molecular flexibility index (Phi) is 6.37. The number of carboxylic acid groups (broad SMARTS) is 1. The molecule has 5 nitrogen and oxygen atoms in total. The highest BCUT2D eigenvalue weighted by Crippen LogP contribution is 2.52. The number of carbonyl (C=O) groups is 1. The molecule has 0 unspecified atom stereocenters. The minimum absolute atomic E-state index is 0.0116. The summed E-state index contributed by atoms with van der Waals surface area (Å²) in [5, 5.41) is 14.7. The molecule has 0 atom stereocenters. The molecule has 0 amide bonds. The average Bonchev–Trinajstić information content (AvgIpc) is 3.48. The van der Waals surface area contributed by atoms with Crippen LogP contribution in [0.25, 0.3) is 16.6 Å². The zero-order valence-corrected chi connectivity index (χ0v) is 21.8. The molecular formula is C27H26ClF2N3O2S. The molecule has 0 aliphatic heterocycles. The molecule has 1 aliphatic carbocycles. The maximum atomic E-state index is 15.7. The number of rotatable bonds is 8. The first-order valence-corrected chi connectivity index (χ1v) is 13.1. The van der Waals surface area contributed by atoms with Gasteiger partial charge in [0.25, 0.3) is 0 Å². The van der Waals surface area contributed by atoms with E-state index in [1.54, 1.807) is 24.4 Å². The van der Waals surface area contributed by atoms with Crippen molar-refractivity contribution in [3.8, 4) is 5.69 Å². The molecule has 4 aromatic rings. The van der Waals surface area contributed by atoms with Gasteiger partial charge in [0.1, 0.15) is 5.82 Å². The summed E-state index contributed by atoms with van der Waals surface area (Å²) in [5.41, 5.74) is 0.665. The molecule has 36 heavy (non-hydrogen) atoms. The quantitative estimate of drug-likeness (QED) is 0.256. The van der Waals surface area contributed by atoms with Crippen LogP contribution >= 0.6 is 23.4 Å². The minimum Gasteiger partial charge on any atom is -0.481 e. The van der Waals surface area contributed by atoms with Crippen molar-refractivity contribution >= 4 is 40.2 Å². The van der Waals surface area contributed by atoms with Crippen LogP contribution in [0, 0.1) is 11.6 Å². The van der Waals surface area contributed by atoms with Crippen LogP contribution in [0.5, 0.6) is 0 Å². The third-order valence-electron chi connectivity index (χ3n) is 6.69. The van der Waals surface area contributed by atoms with Crippen molar-refractivity contribution in [1.82, 2.24) is 14.3 Å². The highest BCUT2D eigenvalue weighted by molar-refractivity contribution is 7.99. The molecule has 2 heterocycles. The van der Waals surface area contributed by atoms with Gasteiger partial charge in [-0.05, 0) is 51.3 Å². The van der Waals surface area contributed by atoms with E-state index >= 15 is 8.78 Å². The molecule has 1 N–H and O–H groups in total. The number of carboxylic acids is 1. The molecular weight excluding hydrogens is 504 g/mol. The monoisotopic (exact) mass is 529 g/mol. The van der Waals surface area contributed by atoms with Crippen molar-refractivity contribution in [2.75, 3.05) is 0 Å². The fraction of sp³-hybridized carbons (Fsp3) is 0.333. The van der Waals surface area contributed by atoms with Crippen LogP contribution in [0.2, 0.25) is 5.02 Å². The maximum absolute atomic E-state index is 15.7. The molecule has 5 rings (SSSR count). The smallest absolute Gasteiger partial charge is 0.313 e. The number of halogens is 3. The Labute approximate surface area is 217 Å². The first-order chi connectivity index (χ1) is 17.1. The predicted octanol–water partition coefficient (Wildman–Crippen LogP) is 7.56. The maximum Gasteiger partial charge on any atom is 0.313 e. The van der Waals surface area contributed by atoms with Gasteiger partial charge in [0.2, 0.25) is 0 Å². The molecule has 9 heteroatoms. The zero-order chi connectivity index (χ0) is 25.8. The van der Waals surface area contributed by atoms with Gasteiger partial charge in [-0.3, -0.25) is 9.48 Å². The second-order valence-electron chi connectivity index (χ2n) is 9.69. The zero-order valence-electron chi connectivity index (χ0n) is 20.2. The van der Waals surface area contributed by atoms with Crippen LogP contribution in [-0.2, 0) is 16.8 Å². The lowest BCUT2D eigenvalue weighted by Crippen LogP contribution is -2.29. The number of nitrogens with zero attached hydrogens (tertiary/aromatic N) is 3. The van der Waals surface area contributed by atoms with Crippen LogP contribution in [0.3, 0.4) is 0 Å². The van der Waals surface area contributed by atoms with E-state index in [1.807, 2.05) is 15.4 Å². The number of fused-ring (bicyclic) bond motifs is 1. The number of aromatic nitrogens is 3. The van der Waals surface area contributed by atoms with Gasteiger partial charge in [-0.2, -0.15) is 5.10 Å². The Morgan fingerprint density at radius 3 is 2.64 bits per heavy atom. The van der Waals surface area contributed by atoms with E-state index in [0.29, 0.717) is 15.8 Å². The SMILES string of the molecule is CCCn1cc(-n2c(C3CC3)c(Sc3cccc(C(C)(C)C(=O)O)c3F)c3ccc(Cl)c(F)c32)cn1. The van der Waals surface area contributed by atoms with E-state index in [0.717, 1.165) is 42.1 Å². The van der Waals surface area contributed by atoms with Crippen molar-refractivity contribution in [2.45, 2.75) is 67.7 Å². The van der Waals surface area contributed by atoms with Gasteiger partial charge >= 0.3 is 5.97 Å². The van der Waals surface area contributed by atoms with Crippen LogP contribution in [0.1, 0.15) is 57.2 Å². The molecule has 0 saturated heterocycles. The van der Waals surface area contributed by atoms with Gasteiger partial charge in [-0.15, -0.1) is 0 Å². The Balaban J connectivity index is 1.74. The molecule has 0 spiro atoms. The van der Waals surface area contributed by atoms with Crippen molar-refractivity contribution in [1.29, 1.82) is 0 Å².